The van der Waals surface area contributed by atoms with Crippen molar-refractivity contribution in [3.63, 3.8) is 0 Å². The number of nitriles is 1. The van der Waals surface area contributed by atoms with Gasteiger partial charge in [-0.1, -0.05) is 32.3 Å². The highest BCUT2D eigenvalue weighted by atomic mass is 79.9. The highest BCUT2D eigenvalue weighted by Gasteiger charge is 2.18. The van der Waals surface area contributed by atoms with Gasteiger partial charge in [0.05, 0.1) is 11.3 Å². The van der Waals surface area contributed by atoms with Crippen LogP contribution in [0.3, 0.4) is 0 Å². The maximum absolute atomic E-state index is 9.16. The number of nitrogens with one attached hydrogen (secondary N) is 1. The lowest BCUT2D eigenvalue weighted by molar-refractivity contribution is 0.274. The maximum Gasteiger partial charge on any atom is 0.103 e. The zero-order valence-electron chi connectivity index (χ0n) is 11.5. The zero-order chi connectivity index (χ0) is 13.7. The summed E-state index contributed by atoms with van der Waals surface area (Å²) in [4.78, 5) is 0. The molecule has 0 amide bonds. The van der Waals surface area contributed by atoms with E-state index in [1.54, 1.807) is 0 Å². The number of hydrogen-bond acceptors (Lipinski definition) is 2. The lowest BCUT2D eigenvalue weighted by Gasteiger charge is -2.26. The Morgan fingerprint density at radius 2 is 2.26 bits per heavy atom. The highest BCUT2D eigenvalue weighted by Crippen LogP contribution is 2.31. The highest BCUT2D eigenvalue weighted by molar-refractivity contribution is 9.10. The van der Waals surface area contributed by atoms with Crippen molar-refractivity contribution in [1.29, 1.82) is 5.26 Å². The molecular formula is C16H21BrN2. The van der Waals surface area contributed by atoms with E-state index >= 15 is 0 Å². The van der Waals surface area contributed by atoms with Crippen molar-refractivity contribution in [2.24, 2.45) is 11.8 Å². The van der Waals surface area contributed by atoms with Gasteiger partial charge in [0, 0.05) is 11.0 Å². The predicted octanol–water partition coefficient (Wildman–Crippen LogP) is 4.95. The van der Waals surface area contributed by atoms with Crippen LogP contribution < -0.4 is 5.32 Å². The minimum Gasteiger partial charge on any atom is -0.384 e. The summed E-state index contributed by atoms with van der Waals surface area (Å²) in [6.45, 7) is 3.32. The topological polar surface area (TPSA) is 35.8 Å². The van der Waals surface area contributed by atoms with Crippen molar-refractivity contribution in [3.8, 4) is 6.07 Å². The van der Waals surface area contributed by atoms with Gasteiger partial charge in [-0.15, -0.1) is 0 Å². The SMILES string of the molecule is CC1CCCC(CCNc2cccc(Br)c2C#N)C1. The van der Waals surface area contributed by atoms with E-state index in [0.717, 1.165) is 28.5 Å². The lowest BCUT2D eigenvalue weighted by Crippen LogP contribution is -2.16. The van der Waals surface area contributed by atoms with Crippen LogP contribution in [0.1, 0.15) is 44.6 Å². The molecular weight excluding hydrogens is 300 g/mol. The van der Waals surface area contributed by atoms with Crippen LogP contribution in [-0.4, -0.2) is 6.54 Å². The fraction of sp³-hybridized carbons (Fsp3) is 0.562. The Morgan fingerprint density at radius 1 is 1.42 bits per heavy atom. The van der Waals surface area contributed by atoms with E-state index in [0.29, 0.717) is 5.56 Å². The Labute approximate surface area is 124 Å². The van der Waals surface area contributed by atoms with Gasteiger partial charge in [0.15, 0.2) is 0 Å². The molecule has 2 atom stereocenters. The molecule has 0 spiro atoms. The third-order valence-corrected chi connectivity index (χ3v) is 4.70. The van der Waals surface area contributed by atoms with Gasteiger partial charge in [-0.05, 0) is 52.7 Å². The van der Waals surface area contributed by atoms with Crippen molar-refractivity contribution in [2.45, 2.75) is 39.0 Å². The molecule has 19 heavy (non-hydrogen) atoms. The van der Waals surface area contributed by atoms with Crippen molar-refractivity contribution >= 4 is 21.6 Å². The molecule has 0 aromatic heterocycles. The van der Waals surface area contributed by atoms with Crippen LogP contribution in [-0.2, 0) is 0 Å². The van der Waals surface area contributed by atoms with Crippen LogP contribution in [0.5, 0.6) is 0 Å². The molecule has 2 rings (SSSR count). The molecule has 1 aromatic rings. The van der Waals surface area contributed by atoms with Gasteiger partial charge in [-0.2, -0.15) is 5.26 Å². The number of halogens is 1. The van der Waals surface area contributed by atoms with Crippen molar-refractivity contribution in [2.75, 3.05) is 11.9 Å². The minimum absolute atomic E-state index is 0.708. The van der Waals surface area contributed by atoms with Crippen molar-refractivity contribution < 1.29 is 0 Å². The Morgan fingerprint density at radius 3 is 3.00 bits per heavy atom. The van der Waals surface area contributed by atoms with E-state index in [2.05, 4.69) is 34.2 Å². The molecule has 2 unspecified atom stereocenters. The van der Waals surface area contributed by atoms with Crippen LogP contribution in [0, 0.1) is 23.2 Å². The van der Waals surface area contributed by atoms with E-state index in [9.17, 15) is 0 Å². The van der Waals surface area contributed by atoms with Crippen LogP contribution in [0.4, 0.5) is 5.69 Å². The first-order chi connectivity index (χ1) is 9.20. The molecule has 0 aliphatic heterocycles. The first-order valence-electron chi connectivity index (χ1n) is 7.13. The van der Waals surface area contributed by atoms with Gasteiger partial charge in [0.25, 0.3) is 0 Å². The van der Waals surface area contributed by atoms with Gasteiger partial charge in [0.1, 0.15) is 6.07 Å². The Bertz CT molecular complexity index is 464. The quantitative estimate of drug-likeness (QED) is 0.852. The minimum atomic E-state index is 0.708. The van der Waals surface area contributed by atoms with Gasteiger partial charge < -0.3 is 5.32 Å². The average Bonchev–Trinajstić information content (AvgIpc) is 2.39. The second kappa shape index (κ2) is 6.96. The monoisotopic (exact) mass is 320 g/mol. The summed E-state index contributed by atoms with van der Waals surface area (Å²) in [7, 11) is 0. The lowest BCUT2D eigenvalue weighted by atomic mass is 9.81. The van der Waals surface area contributed by atoms with Gasteiger partial charge >= 0.3 is 0 Å². The Balaban J connectivity index is 1.86. The van der Waals surface area contributed by atoms with Crippen molar-refractivity contribution in [3.05, 3.63) is 28.2 Å². The summed E-state index contributed by atoms with van der Waals surface area (Å²) in [6, 6.07) is 8.11. The van der Waals surface area contributed by atoms with Gasteiger partial charge in [-0.3, -0.25) is 0 Å². The second-order valence-electron chi connectivity index (χ2n) is 5.63. The van der Waals surface area contributed by atoms with Gasteiger partial charge in [0.2, 0.25) is 0 Å². The second-order valence-corrected chi connectivity index (χ2v) is 6.48. The normalized spacial score (nSPS) is 22.8. The molecule has 1 fully saturated rings. The summed E-state index contributed by atoms with van der Waals surface area (Å²) in [5.74, 6) is 1.74. The number of rotatable bonds is 4. The smallest absolute Gasteiger partial charge is 0.103 e. The third kappa shape index (κ3) is 3.98. The maximum atomic E-state index is 9.16. The molecule has 1 aliphatic carbocycles. The van der Waals surface area contributed by atoms with E-state index in [4.69, 9.17) is 5.26 Å². The summed E-state index contributed by atoms with van der Waals surface area (Å²) in [6.07, 6.45) is 6.73. The first-order valence-corrected chi connectivity index (χ1v) is 7.92. The van der Waals surface area contributed by atoms with Crippen LogP contribution in [0.25, 0.3) is 0 Å². The fourth-order valence-electron chi connectivity index (χ4n) is 3.02. The molecule has 2 nitrogen and oxygen atoms in total. The van der Waals surface area contributed by atoms with E-state index in [1.807, 2.05) is 18.2 Å². The molecule has 0 bridgehead atoms. The average molecular weight is 321 g/mol. The van der Waals surface area contributed by atoms with Gasteiger partial charge in [-0.25, -0.2) is 0 Å². The zero-order valence-corrected chi connectivity index (χ0v) is 13.0. The summed E-state index contributed by atoms with van der Waals surface area (Å²) < 4.78 is 0.867. The molecule has 0 heterocycles. The molecule has 1 aromatic carbocycles. The molecule has 1 aliphatic rings. The van der Waals surface area contributed by atoms with Crippen LogP contribution in [0.15, 0.2) is 22.7 Å². The molecule has 102 valence electrons. The molecule has 1 saturated carbocycles. The largest absolute Gasteiger partial charge is 0.384 e. The van der Waals surface area contributed by atoms with E-state index < -0.39 is 0 Å². The Hall–Kier alpha value is -1.01. The molecule has 3 heteroatoms. The van der Waals surface area contributed by atoms with E-state index in [1.165, 1.54) is 32.1 Å². The Kier molecular flexibility index (Phi) is 5.27. The van der Waals surface area contributed by atoms with Crippen LogP contribution in [0.2, 0.25) is 0 Å². The summed E-state index contributed by atoms with van der Waals surface area (Å²) in [5.41, 5.74) is 1.65. The van der Waals surface area contributed by atoms with Crippen LogP contribution >= 0.6 is 15.9 Å². The predicted molar refractivity (Wildman–Crippen MR) is 83.1 cm³/mol. The summed E-state index contributed by atoms with van der Waals surface area (Å²) in [5, 5.41) is 12.6. The van der Waals surface area contributed by atoms with Crippen molar-refractivity contribution in [1.82, 2.24) is 0 Å². The van der Waals surface area contributed by atoms with E-state index in [-0.39, 0.29) is 0 Å². The first kappa shape index (κ1) is 14.4. The summed E-state index contributed by atoms with van der Waals surface area (Å²) >= 11 is 3.42. The number of anilines is 1. The number of benzene rings is 1. The molecule has 1 N–H and O–H groups in total. The molecule has 0 radical (unpaired) electrons. The number of hydrogen-bond donors (Lipinski definition) is 1. The third-order valence-electron chi connectivity index (χ3n) is 4.04. The number of nitrogens with zero attached hydrogens (tertiary/aromatic N) is 1. The molecule has 0 saturated heterocycles. The fourth-order valence-corrected chi connectivity index (χ4v) is 3.47. The standard InChI is InChI=1S/C16H21BrN2/c1-12-4-2-5-13(10-12)8-9-19-16-7-3-6-15(17)14(16)11-18/h3,6-7,12-13,19H,2,4-5,8-10H2,1H3.